The summed E-state index contributed by atoms with van der Waals surface area (Å²) in [4.78, 5) is 40.3. The molecule has 0 unspecified atom stereocenters. The van der Waals surface area contributed by atoms with Crippen LogP contribution >= 0.6 is 0 Å². The summed E-state index contributed by atoms with van der Waals surface area (Å²) in [5.41, 5.74) is 0.398. The van der Waals surface area contributed by atoms with E-state index >= 15 is 0 Å². The van der Waals surface area contributed by atoms with Crippen LogP contribution < -0.4 is 16.2 Å². The average Bonchev–Trinajstić information content (AvgIpc) is 2.35. The molecule has 3 N–H and O–H groups in total. The van der Waals surface area contributed by atoms with Gasteiger partial charge in [-0.2, -0.15) is 0 Å². The Kier molecular flexibility index (Phi) is 6.21. The van der Waals surface area contributed by atoms with Crippen molar-refractivity contribution < 1.29 is 14.3 Å². The number of amides is 2. The summed E-state index contributed by atoms with van der Waals surface area (Å²) in [5, 5.41) is 4.91. The maximum absolute atomic E-state index is 11.4. The fourth-order valence-corrected chi connectivity index (χ4v) is 1.48. The van der Waals surface area contributed by atoms with Gasteiger partial charge in [0.2, 0.25) is 0 Å². The van der Waals surface area contributed by atoms with Crippen molar-refractivity contribution in [2.24, 2.45) is 0 Å². The Bertz CT molecular complexity index is 526. The van der Waals surface area contributed by atoms with Gasteiger partial charge in [0.15, 0.2) is 0 Å². The Morgan fingerprint density at radius 1 is 1.40 bits per heavy atom. The van der Waals surface area contributed by atoms with Crippen LogP contribution in [0, 0.1) is 6.92 Å². The van der Waals surface area contributed by atoms with Crippen molar-refractivity contribution >= 4 is 12.0 Å². The molecule has 0 radical (unpaired) electrons. The van der Waals surface area contributed by atoms with Gasteiger partial charge in [-0.1, -0.05) is 0 Å². The Labute approximate surface area is 115 Å². The van der Waals surface area contributed by atoms with Crippen molar-refractivity contribution in [3.05, 3.63) is 27.9 Å². The number of H-pyrrole nitrogens is 1. The number of ether oxygens (including phenoxy) is 1. The number of urea groups is 1. The van der Waals surface area contributed by atoms with Gasteiger partial charge in [0.1, 0.15) is 12.4 Å². The fraction of sp³-hybridized carbons (Fsp3) is 0.500. The first kappa shape index (κ1) is 15.7. The van der Waals surface area contributed by atoms with E-state index in [-0.39, 0.29) is 18.7 Å². The van der Waals surface area contributed by atoms with Crippen molar-refractivity contribution in [2.75, 3.05) is 19.7 Å². The maximum atomic E-state index is 11.4. The quantitative estimate of drug-likeness (QED) is 0.608. The van der Waals surface area contributed by atoms with E-state index in [2.05, 4.69) is 25.3 Å². The second kappa shape index (κ2) is 7.93. The molecule has 0 spiro atoms. The van der Waals surface area contributed by atoms with Gasteiger partial charge in [0.05, 0.1) is 6.61 Å². The number of hydrogen-bond donors (Lipinski definition) is 3. The summed E-state index contributed by atoms with van der Waals surface area (Å²) in [5.74, 6) is 0.00743. The van der Waals surface area contributed by atoms with E-state index in [4.69, 9.17) is 0 Å². The number of aryl methyl sites for hydroxylation is 1. The summed E-state index contributed by atoms with van der Waals surface area (Å²) in [6.45, 7) is 3.79. The van der Waals surface area contributed by atoms with Crippen LogP contribution in [0.3, 0.4) is 0 Å². The predicted molar refractivity (Wildman–Crippen MR) is 71.3 cm³/mol. The van der Waals surface area contributed by atoms with Crippen molar-refractivity contribution in [3.63, 3.8) is 0 Å². The van der Waals surface area contributed by atoms with E-state index in [0.717, 1.165) is 0 Å². The summed E-state index contributed by atoms with van der Waals surface area (Å²) in [6, 6.07) is 0.913. The third-order valence-corrected chi connectivity index (χ3v) is 2.26. The van der Waals surface area contributed by atoms with Crippen molar-refractivity contribution in [3.8, 4) is 0 Å². The Morgan fingerprint density at radius 2 is 2.15 bits per heavy atom. The molecule has 0 fully saturated rings. The molecular weight excluding hydrogens is 264 g/mol. The molecule has 0 saturated carbocycles. The number of nitrogens with one attached hydrogen (secondary N) is 3. The number of aromatic nitrogens is 2. The van der Waals surface area contributed by atoms with Crippen LogP contribution in [0.1, 0.15) is 18.4 Å². The summed E-state index contributed by atoms with van der Waals surface area (Å²) >= 11 is 0. The van der Waals surface area contributed by atoms with E-state index < -0.39 is 12.0 Å². The Hall–Kier alpha value is -2.38. The van der Waals surface area contributed by atoms with Gasteiger partial charge in [-0.15, -0.1) is 0 Å². The van der Waals surface area contributed by atoms with Gasteiger partial charge in [0, 0.05) is 24.7 Å². The molecule has 1 aromatic rings. The van der Waals surface area contributed by atoms with E-state index in [9.17, 15) is 14.4 Å². The van der Waals surface area contributed by atoms with Gasteiger partial charge >= 0.3 is 12.0 Å². The number of hydrogen-bond acceptors (Lipinski definition) is 5. The molecule has 0 atom stereocenters. The standard InChI is InChI=1S/C12H18N4O4/c1-3-20-11(18)7-14-12(19)13-5-4-9-15-8(2)6-10(17)16-9/h6H,3-5,7H2,1-2H3,(H2,13,14,19)(H,15,16,17). The lowest BCUT2D eigenvalue weighted by atomic mass is 10.3. The summed E-state index contributed by atoms with van der Waals surface area (Å²) in [6.07, 6.45) is 0.393. The number of rotatable bonds is 6. The SMILES string of the molecule is CCOC(=O)CNC(=O)NCCc1nc(C)cc(=O)[nH]1. The molecule has 0 aliphatic rings. The minimum atomic E-state index is -0.493. The summed E-state index contributed by atoms with van der Waals surface area (Å²) < 4.78 is 4.66. The zero-order valence-corrected chi connectivity index (χ0v) is 11.5. The van der Waals surface area contributed by atoms with Gasteiger partial charge in [0.25, 0.3) is 5.56 Å². The topological polar surface area (TPSA) is 113 Å². The molecule has 8 nitrogen and oxygen atoms in total. The normalized spacial score (nSPS) is 9.90. The lowest BCUT2D eigenvalue weighted by Gasteiger charge is -2.07. The molecule has 8 heteroatoms. The number of carbonyl (C=O) groups excluding carboxylic acids is 2. The van der Waals surface area contributed by atoms with Crippen LogP contribution in [-0.2, 0) is 16.0 Å². The number of aromatic amines is 1. The molecule has 110 valence electrons. The second-order valence-corrected chi connectivity index (χ2v) is 4.00. The van der Waals surface area contributed by atoms with Crippen molar-refractivity contribution in [2.45, 2.75) is 20.3 Å². The molecule has 0 aliphatic carbocycles. The van der Waals surface area contributed by atoms with Crippen LogP contribution in [0.5, 0.6) is 0 Å². The van der Waals surface area contributed by atoms with Gasteiger partial charge in [-0.3, -0.25) is 9.59 Å². The number of nitrogens with zero attached hydrogens (tertiary/aromatic N) is 1. The van der Waals surface area contributed by atoms with E-state index in [1.54, 1.807) is 13.8 Å². The molecule has 0 saturated heterocycles. The second-order valence-electron chi connectivity index (χ2n) is 4.00. The maximum Gasteiger partial charge on any atom is 0.325 e. The number of esters is 1. The third-order valence-electron chi connectivity index (χ3n) is 2.26. The van der Waals surface area contributed by atoms with Crippen molar-refractivity contribution in [1.29, 1.82) is 0 Å². The predicted octanol–water partition coefficient (Wildman–Crippen LogP) is -0.517. The Morgan fingerprint density at radius 3 is 2.80 bits per heavy atom. The molecule has 1 heterocycles. The van der Waals surface area contributed by atoms with Crippen LogP contribution in [0.2, 0.25) is 0 Å². The monoisotopic (exact) mass is 282 g/mol. The zero-order valence-electron chi connectivity index (χ0n) is 11.5. The highest BCUT2D eigenvalue weighted by Crippen LogP contribution is 1.90. The zero-order chi connectivity index (χ0) is 15.0. The highest BCUT2D eigenvalue weighted by Gasteiger charge is 2.05. The van der Waals surface area contributed by atoms with Gasteiger partial charge in [-0.25, -0.2) is 9.78 Å². The Balaban J connectivity index is 2.28. The van der Waals surface area contributed by atoms with Crippen LogP contribution in [0.25, 0.3) is 0 Å². The molecule has 20 heavy (non-hydrogen) atoms. The third kappa shape index (κ3) is 5.98. The molecule has 0 aromatic carbocycles. The minimum Gasteiger partial charge on any atom is -0.465 e. The van der Waals surface area contributed by atoms with E-state index in [0.29, 0.717) is 24.5 Å². The molecule has 0 aliphatic heterocycles. The molecular formula is C12H18N4O4. The fourth-order valence-electron chi connectivity index (χ4n) is 1.48. The molecule has 0 bridgehead atoms. The molecule has 1 rings (SSSR count). The van der Waals surface area contributed by atoms with E-state index in [1.165, 1.54) is 6.07 Å². The smallest absolute Gasteiger partial charge is 0.325 e. The largest absolute Gasteiger partial charge is 0.465 e. The lowest BCUT2D eigenvalue weighted by Crippen LogP contribution is -2.40. The van der Waals surface area contributed by atoms with Crippen molar-refractivity contribution in [1.82, 2.24) is 20.6 Å². The molecule has 2 amide bonds. The van der Waals surface area contributed by atoms with Crippen LogP contribution in [0.4, 0.5) is 4.79 Å². The number of carbonyl (C=O) groups is 2. The van der Waals surface area contributed by atoms with Crippen LogP contribution in [-0.4, -0.2) is 41.7 Å². The first-order chi connectivity index (χ1) is 9.51. The first-order valence-electron chi connectivity index (χ1n) is 6.25. The highest BCUT2D eigenvalue weighted by molar-refractivity contribution is 5.80. The van der Waals surface area contributed by atoms with Gasteiger partial charge < -0.3 is 20.4 Å². The minimum absolute atomic E-state index is 0.181. The average molecular weight is 282 g/mol. The lowest BCUT2D eigenvalue weighted by molar-refractivity contribution is -0.141. The summed E-state index contributed by atoms with van der Waals surface area (Å²) in [7, 11) is 0. The van der Waals surface area contributed by atoms with Crippen LogP contribution in [0.15, 0.2) is 10.9 Å². The molecule has 1 aromatic heterocycles. The van der Waals surface area contributed by atoms with E-state index in [1.807, 2.05) is 0 Å². The first-order valence-corrected chi connectivity index (χ1v) is 6.25. The van der Waals surface area contributed by atoms with Gasteiger partial charge in [-0.05, 0) is 13.8 Å². The highest BCUT2D eigenvalue weighted by atomic mass is 16.5.